The van der Waals surface area contributed by atoms with Crippen molar-refractivity contribution in [2.45, 2.75) is 0 Å². The van der Waals surface area contributed by atoms with Gasteiger partial charge in [-0.3, -0.25) is 0 Å². The zero-order valence-corrected chi connectivity index (χ0v) is 28.0. The molecule has 0 aliphatic carbocycles. The minimum atomic E-state index is 1.13. The lowest BCUT2D eigenvalue weighted by Gasteiger charge is -2.27. The van der Waals surface area contributed by atoms with Crippen LogP contribution in [0.1, 0.15) is 0 Å². The Hall–Kier alpha value is -4.72. The van der Waals surface area contributed by atoms with Crippen LogP contribution in [0.15, 0.2) is 168 Å². The SMILES string of the molecule is c1ccc(N(c2ccccc2)c2sc(-c3cccs3)cc2-c2cc(-c3cccs3)sc2N(c2ccccc2)c2ccccc2)cc1. The molecule has 0 amide bonds. The van der Waals surface area contributed by atoms with E-state index in [1.165, 1.54) is 40.6 Å². The van der Waals surface area contributed by atoms with E-state index < -0.39 is 0 Å². The van der Waals surface area contributed by atoms with E-state index in [4.69, 9.17) is 0 Å². The zero-order valence-electron chi connectivity index (χ0n) is 24.7. The Morgan fingerprint density at radius 1 is 0.326 bits per heavy atom. The van der Waals surface area contributed by atoms with Gasteiger partial charge in [0.15, 0.2) is 0 Å². The summed E-state index contributed by atoms with van der Waals surface area (Å²) in [7, 11) is 0. The van der Waals surface area contributed by atoms with Crippen LogP contribution >= 0.6 is 45.3 Å². The lowest BCUT2D eigenvalue weighted by atomic mass is 10.1. The first-order chi connectivity index (χ1) is 22.8. The van der Waals surface area contributed by atoms with E-state index in [-0.39, 0.29) is 0 Å². The first kappa shape index (κ1) is 28.7. The number of anilines is 6. The summed E-state index contributed by atoms with van der Waals surface area (Å²) in [6.45, 7) is 0. The predicted octanol–water partition coefficient (Wildman–Crippen LogP) is 13.9. The third-order valence-electron chi connectivity index (χ3n) is 7.71. The molecule has 0 aliphatic heterocycles. The third kappa shape index (κ3) is 5.61. The average molecular weight is 665 g/mol. The molecule has 0 unspecified atom stereocenters. The fraction of sp³-hybridized carbons (Fsp3) is 0. The van der Waals surface area contributed by atoms with Crippen LogP contribution in [0.5, 0.6) is 0 Å². The predicted molar refractivity (Wildman–Crippen MR) is 204 cm³/mol. The van der Waals surface area contributed by atoms with Crippen molar-refractivity contribution in [3.8, 4) is 30.6 Å². The van der Waals surface area contributed by atoms with Gasteiger partial charge in [-0.1, -0.05) is 84.9 Å². The second kappa shape index (κ2) is 12.9. The van der Waals surface area contributed by atoms with Crippen molar-refractivity contribution >= 4 is 78.1 Å². The van der Waals surface area contributed by atoms with Crippen LogP contribution in [-0.2, 0) is 0 Å². The highest BCUT2D eigenvalue weighted by Crippen LogP contribution is 2.55. The first-order valence-corrected chi connectivity index (χ1v) is 18.4. The van der Waals surface area contributed by atoms with Crippen LogP contribution in [0.25, 0.3) is 30.6 Å². The summed E-state index contributed by atoms with van der Waals surface area (Å²) in [6.07, 6.45) is 0. The van der Waals surface area contributed by atoms with Crippen LogP contribution in [0.4, 0.5) is 32.8 Å². The Morgan fingerprint density at radius 2 is 0.652 bits per heavy atom. The molecular weight excluding hydrogens is 637 g/mol. The van der Waals surface area contributed by atoms with Crippen molar-refractivity contribution in [2.75, 3.05) is 9.80 Å². The number of para-hydroxylation sites is 4. The topological polar surface area (TPSA) is 6.48 Å². The molecule has 4 heterocycles. The largest absolute Gasteiger partial charge is 0.301 e. The summed E-state index contributed by atoms with van der Waals surface area (Å²) < 4.78 is 0. The maximum Gasteiger partial charge on any atom is 0.109 e. The van der Waals surface area contributed by atoms with Gasteiger partial charge in [0.25, 0.3) is 0 Å². The van der Waals surface area contributed by atoms with E-state index in [0.29, 0.717) is 0 Å². The molecule has 6 heteroatoms. The molecule has 0 saturated heterocycles. The van der Waals surface area contributed by atoms with E-state index >= 15 is 0 Å². The molecule has 8 rings (SSSR count). The molecule has 0 N–H and O–H groups in total. The average Bonchev–Trinajstić information content (AvgIpc) is 3.95. The molecule has 222 valence electrons. The van der Waals surface area contributed by atoms with Crippen LogP contribution < -0.4 is 9.80 Å². The summed E-state index contributed by atoms with van der Waals surface area (Å²) in [5.41, 5.74) is 6.96. The molecule has 4 aromatic heterocycles. The van der Waals surface area contributed by atoms with Gasteiger partial charge in [-0.25, -0.2) is 0 Å². The summed E-state index contributed by atoms with van der Waals surface area (Å²) in [5, 5.41) is 6.72. The van der Waals surface area contributed by atoms with Gasteiger partial charge in [-0.05, 0) is 83.6 Å². The van der Waals surface area contributed by atoms with Gasteiger partial charge in [-0.2, -0.15) is 0 Å². The normalized spacial score (nSPS) is 11.0. The second-order valence-corrected chi connectivity index (χ2v) is 14.6. The van der Waals surface area contributed by atoms with Gasteiger partial charge < -0.3 is 9.80 Å². The second-order valence-electron chi connectivity index (χ2n) is 10.6. The number of benzene rings is 4. The molecule has 0 bridgehead atoms. The quantitative estimate of drug-likeness (QED) is 0.151. The monoisotopic (exact) mass is 664 g/mol. The van der Waals surface area contributed by atoms with E-state index in [0.717, 1.165) is 22.7 Å². The molecule has 2 nitrogen and oxygen atoms in total. The summed E-state index contributed by atoms with van der Waals surface area (Å²) in [5.74, 6) is 0. The fourth-order valence-corrected chi connectivity index (χ4v) is 9.72. The number of nitrogens with zero attached hydrogens (tertiary/aromatic N) is 2. The van der Waals surface area contributed by atoms with Gasteiger partial charge in [0, 0.05) is 53.4 Å². The number of rotatable bonds is 9. The van der Waals surface area contributed by atoms with Crippen molar-refractivity contribution in [1.29, 1.82) is 0 Å². The molecular formula is C40H28N2S4. The number of hydrogen-bond donors (Lipinski definition) is 0. The Morgan fingerprint density at radius 3 is 0.935 bits per heavy atom. The Balaban J connectivity index is 1.42. The number of thiophene rings is 4. The fourth-order valence-electron chi connectivity index (χ4n) is 5.64. The van der Waals surface area contributed by atoms with Gasteiger partial charge in [-0.15, -0.1) is 45.3 Å². The van der Waals surface area contributed by atoms with Crippen molar-refractivity contribution in [3.63, 3.8) is 0 Å². The Bertz CT molecular complexity index is 1900. The summed E-state index contributed by atoms with van der Waals surface area (Å²) in [6, 6.07) is 56.5. The van der Waals surface area contributed by atoms with E-state index in [2.05, 4.69) is 178 Å². The minimum absolute atomic E-state index is 1.13. The summed E-state index contributed by atoms with van der Waals surface area (Å²) in [4.78, 5) is 9.90. The Kier molecular flexibility index (Phi) is 8.09. The van der Waals surface area contributed by atoms with Gasteiger partial charge in [0.05, 0.1) is 0 Å². The molecule has 0 saturated carbocycles. The minimum Gasteiger partial charge on any atom is -0.301 e. The van der Waals surface area contributed by atoms with E-state index in [1.54, 1.807) is 22.7 Å². The van der Waals surface area contributed by atoms with Gasteiger partial charge in [0.2, 0.25) is 0 Å². The van der Waals surface area contributed by atoms with Crippen molar-refractivity contribution in [3.05, 3.63) is 168 Å². The van der Waals surface area contributed by atoms with Crippen molar-refractivity contribution < 1.29 is 0 Å². The van der Waals surface area contributed by atoms with Crippen LogP contribution in [0.2, 0.25) is 0 Å². The molecule has 46 heavy (non-hydrogen) atoms. The smallest absolute Gasteiger partial charge is 0.109 e. The molecule has 0 aliphatic rings. The third-order valence-corrected chi connectivity index (χ3v) is 12.1. The lowest BCUT2D eigenvalue weighted by Crippen LogP contribution is -2.11. The standard InChI is InChI=1S/C40H28N2S4/c1-5-15-29(16-6-1)41(30-17-7-2-8-18-30)39-33(27-37(45-39)35-23-13-25-43-35)34-28-38(36-24-14-26-44-36)46-40(34)42(31-19-9-3-10-20-31)32-21-11-4-12-22-32/h1-28H. The van der Waals surface area contributed by atoms with Crippen LogP contribution in [-0.4, -0.2) is 0 Å². The lowest BCUT2D eigenvalue weighted by molar-refractivity contribution is 1.30. The van der Waals surface area contributed by atoms with E-state index in [9.17, 15) is 0 Å². The summed E-state index contributed by atoms with van der Waals surface area (Å²) >= 11 is 7.29. The maximum atomic E-state index is 2.42. The van der Waals surface area contributed by atoms with Crippen molar-refractivity contribution in [2.24, 2.45) is 0 Å². The number of hydrogen-bond acceptors (Lipinski definition) is 6. The molecule has 8 aromatic rings. The van der Waals surface area contributed by atoms with E-state index in [1.807, 2.05) is 22.7 Å². The van der Waals surface area contributed by atoms with Gasteiger partial charge >= 0.3 is 0 Å². The molecule has 4 aromatic carbocycles. The van der Waals surface area contributed by atoms with Crippen LogP contribution in [0.3, 0.4) is 0 Å². The maximum absolute atomic E-state index is 2.42. The zero-order chi connectivity index (χ0) is 30.7. The highest BCUT2D eigenvalue weighted by Gasteiger charge is 2.27. The molecule has 0 spiro atoms. The van der Waals surface area contributed by atoms with Crippen LogP contribution in [0, 0.1) is 0 Å². The highest BCUT2D eigenvalue weighted by atomic mass is 32.1. The Labute approximate surface area is 285 Å². The first-order valence-electron chi connectivity index (χ1n) is 15.0. The molecule has 0 radical (unpaired) electrons. The molecule has 0 atom stereocenters. The van der Waals surface area contributed by atoms with Crippen molar-refractivity contribution in [1.82, 2.24) is 0 Å². The molecule has 0 fully saturated rings. The van der Waals surface area contributed by atoms with Gasteiger partial charge in [0.1, 0.15) is 10.0 Å². The highest BCUT2D eigenvalue weighted by molar-refractivity contribution is 7.25.